The number of nitrogens with two attached hydrogens (primary N) is 1. The van der Waals surface area contributed by atoms with Crippen LogP contribution in [0.1, 0.15) is 18.5 Å². The number of para-hydroxylation sites is 1. The molecule has 0 amide bonds. The minimum atomic E-state index is -0.0440. The average molecular weight is 244 g/mol. The van der Waals surface area contributed by atoms with Gasteiger partial charge in [-0.25, -0.2) is 9.97 Å². The third kappa shape index (κ3) is 2.75. The summed E-state index contributed by atoms with van der Waals surface area (Å²) >= 11 is 0. The van der Waals surface area contributed by atoms with E-state index < -0.39 is 0 Å². The van der Waals surface area contributed by atoms with E-state index in [-0.39, 0.29) is 6.04 Å². The van der Waals surface area contributed by atoms with Gasteiger partial charge in [0, 0.05) is 17.8 Å². The van der Waals surface area contributed by atoms with Gasteiger partial charge in [0.05, 0.1) is 7.11 Å². The van der Waals surface area contributed by atoms with Crippen LogP contribution in [0.5, 0.6) is 5.88 Å². The summed E-state index contributed by atoms with van der Waals surface area (Å²) in [5.41, 5.74) is 7.90. The highest BCUT2D eigenvalue weighted by Crippen LogP contribution is 2.24. The number of hydrogen-bond donors (Lipinski definition) is 2. The van der Waals surface area contributed by atoms with Crippen molar-refractivity contribution in [1.29, 1.82) is 0 Å². The van der Waals surface area contributed by atoms with Gasteiger partial charge in [-0.2, -0.15) is 0 Å². The molecule has 0 fully saturated rings. The molecule has 2 rings (SSSR count). The van der Waals surface area contributed by atoms with E-state index in [0.717, 1.165) is 11.3 Å². The zero-order valence-corrected chi connectivity index (χ0v) is 10.4. The number of methoxy groups -OCH3 is 1. The second kappa shape index (κ2) is 5.46. The SMILES string of the molecule is COc1cc(Nc2ccccc2C(C)N)ncn1. The molecule has 1 atom stereocenters. The van der Waals surface area contributed by atoms with Crippen molar-refractivity contribution in [1.82, 2.24) is 9.97 Å². The number of hydrogen-bond acceptors (Lipinski definition) is 5. The van der Waals surface area contributed by atoms with Crippen molar-refractivity contribution in [3.8, 4) is 5.88 Å². The van der Waals surface area contributed by atoms with E-state index in [0.29, 0.717) is 11.7 Å². The molecule has 1 unspecified atom stereocenters. The molecular weight excluding hydrogens is 228 g/mol. The Labute approximate surface area is 106 Å². The Morgan fingerprint density at radius 1 is 1.28 bits per heavy atom. The molecule has 0 spiro atoms. The molecule has 5 nitrogen and oxygen atoms in total. The number of nitrogens with zero attached hydrogens (tertiary/aromatic N) is 2. The van der Waals surface area contributed by atoms with Gasteiger partial charge in [0.15, 0.2) is 0 Å². The van der Waals surface area contributed by atoms with Crippen molar-refractivity contribution in [2.24, 2.45) is 5.73 Å². The fourth-order valence-electron chi connectivity index (χ4n) is 1.67. The number of rotatable bonds is 4. The normalized spacial score (nSPS) is 11.9. The molecule has 0 radical (unpaired) electrons. The van der Waals surface area contributed by atoms with E-state index in [2.05, 4.69) is 15.3 Å². The molecule has 5 heteroatoms. The van der Waals surface area contributed by atoms with Gasteiger partial charge in [0.25, 0.3) is 0 Å². The van der Waals surface area contributed by atoms with Crippen LogP contribution in [0, 0.1) is 0 Å². The van der Waals surface area contributed by atoms with Crippen LogP contribution in [0.25, 0.3) is 0 Å². The summed E-state index contributed by atoms with van der Waals surface area (Å²) in [7, 11) is 1.57. The number of nitrogens with one attached hydrogen (secondary N) is 1. The van der Waals surface area contributed by atoms with Crippen LogP contribution in [-0.2, 0) is 0 Å². The van der Waals surface area contributed by atoms with E-state index in [1.165, 1.54) is 6.33 Å². The summed E-state index contributed by atoms with van der Waals surface area (Å²) in [5.74, 6) is 1.20. The van der Waals surface area contributed by atoms with Gasteiger partial charge in [0.2, 0.25) is 5.88 Å². The van der Waals surface area contributed by atoms with Crippen LogP contribution in [0.4, 0.5) is 11.5 Å². The molecule has 0 aliphatic heterocycles. The van der Waals surface area contributed by atoms with Gasteiger partial charge < -0.3 is 15.8 Å². The Morgan fingerprint density at radius 3 is 2.78 bits per heavy atom. The molecule has 3 N–H and O–H groups in total. The standard InChI is InChI=1S/C13H16N4O/c1-9(14)10-5-3-4-6-11(10)17-12-7-13(18-2)16-8-15-12/h3-9H,14H2,1-2H3,(H,15,16,17). The highest BCUT2D eigenvalue weighted by molar-refractivity contribution is 5.61. The third-order valence-corrected chi connectivity index (χ3v) is 2.57. The predicted octanol–water partition coefficient (Wildman–Crippen LogP) is 2.25. The topological polar surface area (TPSA) is 73.1 Å². The van der Waals surface area contributed by atoms with Crippen molar-refractivity contribution in [3.63, 3.8) is 0 Å². The Morgan fingerprint density at radius 2 is 2.06 bits per heavy atom. The van der Waals surface area contributed by atoms with Gasteiger partial charge in [-0.3, -0.25) is 0 Å². The zero-order chi connectivity index (χ0) is 13.0. The molecule has 1 aromatic heterocycles. The van der Waals surface area contributed by atoms with E-state index in [1.54, 1.807) is 13.2 Å². The molecule has 0 saturated heterocycles. The van der Waals surface area contributed by atoms with Crippen molar-refractivity contribution >= 4 is 11.5 Å². The summed E-state index contributed by atoms with van der Waals surface area (Å²) in [5, 5.41) is 3.22. The second-order valence-electron chi connectivity index (χ2n) is 3.95. The minimum Gasteiger partial charge on any atom is -0.481 e. The number of benzene rings is 1. The van der Waals surface area contributed by atoms with Crippen LogP contribution >= 0.6 is 0 Å². The van der Waals surface area contributed by atoms with E-state index in [9.17, 15) is 0 Å². The summed E-state index contributed by atoms with van der Waals surface area (Å²) in [4.78, 5) is 8.10. The van der Waals surface area contributed by atoms with Crippen LogP contribution < -0.4 is 15.8 Å². The van der Waals surface area contributed by atoms with Crippen LogP contribution in [0.3, 0.4) is 0 Å². The number of ether oxygens (including phenoxy) is 1. The van der Waals surface area contributed by atoms with Crippen molar-refractivity contribution in [3.05, 3.63) is 42.2 Å². The largest absolute Gasteiger partial charge is 0.481 e. The van der Waals surface area contributed by atoms with E-state index in [4.69, 9.17) is 10.5 Å². The summed E-state index contributed by atoms with van der Waals surface area (Å²) in [6, 6.07) is 9.56. The highest BCUT2D eigenvalue weighted by atomic mass is 16.5. The van der Waals surface area contributed by atoms with Gasteiger partial charge in [-0.15, -0.1) is 0 Å². The molecule has 0 bridgehead atoms. The third-order valence-electron chi connectivity index (χ3n) is 2.57. The zero-order valence-electron chi connectivity index (χ0n) is 10.4. The molecule has 18 heavy (non-hydrogen) atoms. The summed E-state index contributed by atoms with van der Waals surface area (Å²) < 4.78 is 5.05. The molecule has 1 heterocycles. The first-order valence-electron chi connectivity index (χ1n) is 5.68. The quantitative estimate of drug-likeness (QED) is 0.863. The first-order valence-corrected chi connectivity index (χ1v) is 5.68. The monoisotopic (exact) mass is 244 g/mol. The lowest BCUT2D eigenvalue weighted by Crippen LogP contribution is -2.08. The van der Waals surface area contributed by atoms with Crippen LogP contribution in [0.15, 0.2) is 36.7 Å². The minimum absolute atomic E-state index is 0.0440. The van der Waals surface area contributed by atoms with Crippen molar-refractivity contribution in [2.45, 2.75) is 13.0 Å². The number of anilines is 2. The molecule has 94 valence electrons. The molecule has 0 saturated carbocycles. The van der Waals surface area contributed by atoms with Crippen molar-refractivity contribution < 1.29 is 4.74 Å². The first-order chi connectivity index (χ1) is 8.70. The van der Waals surface area contributed by atoms with Crippen molar-refractivity contribution in [2.75, 3.05) is 12.4 Å². The van der Waals surface area contributed by atoms with E-state index >= 15 is 0 Å². The van der Waals surface area contributed by atoms with Gasteiger partial charge in [0.1, 0.15) is 12.1 Å². The summed E-state index contributed by atoms with van der Waals surface area (Å²) in [6.07, 6.45) is 1.45. The Kier molecular flexibility index (Phi) is 3.74. The molecular formula is C13H16N4O. The maximum absolute atomic E-state index is 5.93. The smallest absolute Gasteiger partial charge is 0.218 e. The van der Waals surface area contributed by atoms with E-state index in [1.807, 2.05) is 31.2 Å². The fourth-order valence-corrected chi connectivity index (χ4v) is 1.67. The maximum atomic E-state index is 5.93. The van der Waals surface area contributed by atoms with Gasteiger partial charge in [-0.05, 0) is 18.6 Å². The fraction of sp³-hybridized carbons (Fsp3) is 0.231. The lowest BCUT2D eigenvalue weighted by atomic mass is 10.1. The Bertz CT molecular complexity index is 528. The van der Waals surface area contributed by atoms with Crippen LogP contribution in [-0.4, -0.2) is 17.1 Å². The lowest BCUT2D eigenvalue weighted by molar-refractivity contribution is 0.397. The maximum Gasteiger partial charge on any atom is 0.218 e. The molecule has 1 aromatic carbocycles. The molecule has 0 aliphatic rings. The molecule has 2 aromatic rings. The lowest BCUT2D eigenvalue weighted by Gasteiger charge is -2.14. The Hall–Kier alpha value is -2.14. The highest BCUT2D eigenvalue weighted by Gasteiger charge is 2.07. The van der Waals surface area contributed by atoms with Crippen LogP contribution in [0.2, 0.25) is 0 Å². The van der Waals surface area contributed by atoms with Gasteiger partial charge >= 0.3 is 0 Å². The predicted molar refractivity (Wildman–Crippen MR) is 70.9 cm³/mol. The van der Waals surface area contributed by atoms with Gasteiger partial charge in [-0.1, -0.05) is 18.2 Å². The average Bonchev–Trinajstić information content (AvgIpc) is 2.39. The Balaban J connectivity index is 2.28. The number of aromatic nitrogens is 2. The summed E-state index contributed by atoms with van der Waals surface area (Å²) in [6.45, 7) is 1.95. The molecule has 0 aliphatic carbocycles. The second-order valence-corrected chi connectivity index (χ2v) is 3.95. The first kappa shape index (κ1) is 12.3.